The van der Waals surface area contributed by atoms with Crippen molar-refractivity contribution in [1.82, 2.24) is 4.90 Å². The van der Waals surface area contributed by atoms with E-state index in [0.29, 0.717) is 19.7 Å². The third kappa shape index (κ3) is 4.12. The number of carboxylic acids is 1. The number of benzene rings is 2. The largest absolute Gasteiger partial charge is 0.480 e. The van der Waals surface area contributed by atoms with E-state index in [-0.39, 0.29) is 11.0 Å². The molecule has 1 fully saturated rings. The van der Waals surface area contributed by atoms with E-state index in [4.69, 9.17) is 4.74 Å². The lowest BCUT2D eigenvalue weighted by molar-refractivity contribution is -0.147. The van der Waals surface area contributed by atoms with Gasteiger partial charge in [-0.1, -0.05) is 42.5 Å². The van der Waals surface area contributed by atoms with Gasteiger partial charge in [0.2, 0.25) is 0 Å². The molecule has 0 aliphatic carbocycles. The van der Waals surface area contributed by atoms with Crippen LogP contribution in [0.2, 0.25) is 0 Å². The van der Waals surface area contributed by atoms with Crippen molar-refractivity contribution in [3.05, 3.63) is 65.7 Å². The number of hydrogen-bond acceptors (Lipinski definition) is 5. The molecule has 0 amide bonds. The van der Waals surface area contributed by atoms with Crippen molar-refractivity contribution in [3.63, 3.8) is 0 Å². The average molecular weight is 375 g/mol. The van der Waals surface area contributed by atoms with E-state index < -0.39 is 21.8 Å². The Kier molecular flexibility index (Phi) is 5.41. The van der Waals surface area contributed by atoms with Crippen LogP contribution in [-0.2, 0) is 19.4 Å². The van der Waals surface area contributed by atoms with Crippen molar-refractivity contribution >= 4 is 15.8 Å². The molecule has 1 aliphatic rings. The van der Waals surface area contributed by atoms with Gasteiger partial charge in [-0.25, -0.2) is 8.42 Å². The number of morpholine rings is 1. The molecular weight excluding hydrogens is 354 g/mol. The van der Waals surface area contributed by atoms with Crippen LogP contribution < -0.4 is 0 Å². The monoisotopic (exact) mass is 375 g/mol. The van der Waals surface area contributed by atoms with Gasteiger partial charge in [0, 0.05) is 19.3 Å². The molecule has 0 radical (unpaired) electrons. The molecule has 1 heterocycles. The van der Waals surface area contributed by atoms with Crippen LogP contribution in [0.1, 0.15) is 23.3 Å². The number of nitrogens with zero attached hydrogens (tertiary/aromatic N) is 1. The first-order valence-electron chi connectivity index (χ1n) is 8.29. The maximum Gasteiger partial charge on any atom is 0.325 e. The summed E-state index contributed by atoms with van der Waals surface area (Å²) in [5.41, 5.74) is 1.56. The molecule has 3 rings (SSSR count). The number of ether oxygens (including phenoxy) is 1. The molecular formula is C19H21NO5S. The average Bonchev–Trinajstić information content (AvgIpc) is 2.62. The fourth-order valence-electron chi connectivity index (χ4n) is 3.18. The Bertz CT molecular complexity index is 865. The summed E-state index contributed by atoms with van der Waals surface area (Å²) in [4.78, 5) is 14.0. The van der Waals surface area contributed by atoms with Gasteiger partial charge in [-0.05, 0) is 23.3 Å². The Labute approximate surface area is 152 Å². The standard InChI is InChI=1S/C19H21NO5S/c1-26(23,24)16-9-7-14(8-10-16)17-13-20(11-12-25-17)18(19(21)22)15-5-3-2-4-6-15/h2-10,17-18H,11-13H2,1H3,(H,21,22). The van der Waals surface area contributed by atoms with Crippen LogP contribution in [-0.4, -0.2) is 50.3 Å². The Morgan fingerprint density at radius 1 is 1.15 bits per heavy atom. The number of carboxylic acid groups (broad SMARTS) is 1. The second kappa shape index (κ2) is 7.57. The molecule has 1 saturated heterocycles. The second-order valence-electron chi connectivity index (χ2n) is 6.35. The maximum atomic E-state index is 11.8. The first kappa shape index (κ1) is 18.6. The van der Waals surface area contributed by atoms with Gasteiger partial charge < -0.3 is 9.84 Å². The Morgan fingerprint density at radius 2 is 1.81 bits per heavy atom. The Morgan fingerprint density at radius 3 is 2.38 bits per heavy atom. The summed E-state index contributed by atoms with van der Waals surface area (Å²) in [6.07, 6.45) is 0.862. The first-order chi connectivity index (χ1) is 12.4. The van der Waals surface area contributed by atoms with Crippen molar-refractivity contribution in [2.75, 3.05) is 26.0 Å². The number of carbonyl (C=O) groups is 1. The number of sulfone groups is 1. The zero-order chi connectivity index (χ0) is 18.7. The minimum absolute atomic E-state index is 0.251. The van der Waals surface area contributed by atoms with Crippen LogP contribution in [0.25, 0.3) is 0 Å². The van der Waals surface area contributed by atoms with E-state index in [1.807, 2.05) is 35.2 Å². The predicted molar refractivity (Wildman–Crippen MR) is 96.6 cm³/mol. The molecule has 2 atom stereocenters. The third-order valence-electron chi connectivity index (χ3n) is 4.49. The van der Waals surface area contributed by atoms with Crippen molar-refractivity contribution in [2.45, 2.75) is 17.0 Å². The minimum atomic E-state index is -3.25. The van der Waals surface area contributed by atoms with Gasteiger partial charge in [-0.3, -0.25) is 9.69 Å². The number of aliphatic carboxylic acids is 1. The van der Waals surface area contributed by atoms with Crippen LogP contribution in [0.5, 0.6) is 0 Å². The molecule has 2 unspecified atom stereocenters. The molecule has 26 heavy (non-hydrogen) atoms. The zero-order valence-corrected chi connectivity index (χ0v) is 15.2. The first-order valence-corrected chi connectivity index (χ1v) is 10.2. The van der Waals surface area contributed by atoms with Crippen molar-refractivity contribution in [1.29, 1.82) is 0 Å². The summed E-state index contributed by atoms with van der Waals surface area (Å²) < 4.78 is 29.0. The van der Waals surface area contributed by atoms with Crippen LogP contribution >= 0.6 is 0 Å². The van der Waals surface area contributed by atoms with Gasteiger partial charge in [-0.15, -0.1) is 0 Å². The van der Waals surface area contributed by atoms with Crippen LogP contribution in [0.15, 0.2) is 59.5 Å². The lowest BCUT2D eigenvalue weighted by Crippen LogP contribution is -2.43. The van der Waals surface area contributed by atoms with Crippen molar-refractivity contribution < 1.29 is 23.1 Å². The minimum Gasteiger partial charge on any atom is -0.480 e. The maximum absolute atomic E-state index is 11.8. The van der Waals surface area contributed by atoms with Crippen LogP contribution in [0, 0.1) is 0 Å². The van der Waals surface area contributed by atoms with Gasteiger partial charge in [0.05, 0.1) is 17.6 Å². The molecule has 0 bridgehead atoms. The van der Waals surface area contributed by atoms with Crippen molar-refractivity contribution in [3.8, 4) is 0 Å². The fourth-order valence-corrected chi connectivity index (χ4v) is 3.81. The third-order valence-corrected chi connectivity index (χ3v) is 5.62. The summed E-state index contributed by atoms with van der Waals surface area (Å²) in [5, 5.41) is 9.71. The topological polar surface area (TPSA) is 83.9 Å². The summed E-state index contributed by atoms with van der Waals surface area (Å²) in [6, 6.07) is 14.9. The summed E-state index contributed by atoms with van der Waals surface area (Å²) in [7, 11) is -3.25. The molecule has 1 aliphatic heterocycles. The quantitative estimate of drug-likeness (QED) is 0.863. The predicted octanol–water partition coefficient (Wildman–Crippen LogP) is 2.29. The fraction of sp³-hybridized carbons (Fsp3) is 0.316. The van der Waals surface area contributed by atoms with E-state index in [2.05, 4.69) is 0 Å². The molecule has 0 saturated carbocycles. The summed E-state index contributed by atoms with van der Waals surface area (Å²) in [6.45, 7) is 1.35. The molecule has 0 spiro atoms. The highest BCUT2D eigenvalue weighted by Gasteiger charge is 2.32. The van der Waals surface area contributed by atoms with E-state index in [9.17, 15) is 18.3 Å². The van der Waals surface area contributed by atoms with E-state index in [1.165, 1.54) is 0 Å². The normalized spacial score (nSPS) is 19.8. The van der Waals surface area contributed by atoms with Crippen molar-refractivity contribution in [2.24, 2.45) is 0 Å². The Hall–Kier alpha value is -2.22. The molecule has 7 heteroatoms. The SMILES string of the molecule is CS(=O)(=O)c1ccc(C2CN(C(C(=O)O)c3ccccc3)CCO2)cc1. The second-order valence-corrected chi connectivity index (χ2v) is 8.36. The van der Waals surface area contributed by atoms with E-state index in [0.717, 1.165) is 17.4 Å². The zero-order valence-electron chi connectivity index (χ0n) is 14.4. The smallest absolute Gasteiger partial charge is 0.325 e. The van der Waals surface area contributed by atoms with Gasteiger partial charge in [-0.2, -0.15) is 0 Å². The van der Waals surface area contributed by atoms with Gasteiger partial charge in [0.15, 0.2) is 9.84 Å². The van der Waals surface area contributed by atoms with E-state index >= 15 is 0 Å². The summed E-state index contributed by atoms with van der Waals surface area (Å²) in [5.74, 6) is -0.899. The molecule has 2 aromatic rings. The molecule has 0 aromatic heterocycles. The van der Waals surface area contributed by atoms with Crippen LogP contribution in [0.3, 0.4) is 0 Å². The lowest BCUT2D eigenvalue weighted by atomic mass is 10.0. The number of hydrogen-bond donors (Lipinski definition) is 1. The van der Waals surface area contributed by atoms with Gasteiger partial charge >= 0.3 is 5.97 Å². The highest BCUT2D eigenvalue weighted by Crippen LogP contribution is 2.29. The molecule has 2 aromatic carbocycles. The van der Waals surface area contributed by atoms with E-state index in [1.54, 1.807) is 24.3 Å². The molecule has 6 nitrogen and oxygen atoms in total. The highest BCUT2D eigenvalue weighted by atomic mass is 32.2. The lowest BCUT2D eigenvalue weighted by Gasteiger charge is -2.36. The Balaban J connectivity index is 1.81. The molecule has 138 valence electrons. The number of rotatable bonds is 5. The van der Waals surface area contributed by atoms with Gasteiger partial charge in [0.1, 0.15) is 6.04 Å². The van der Waals surface area contributed by atoms with Gasteiger partial charge in [0.25, 0.3) is 0 Å². The van der Waals surface area contributed by atoms with Crippen LogP contribution in [0.4, 0.5) is 0 Å². The highest BCUT2D eigenvalue weighted by molar-refractivity contribution is 7.90. The molecule has 1 N–H and O–H groups in total. The summed E-state index contributed by atoms with van der Waals surface area (Å²) >= 11 is 0.